The van der Waals surface area contributed by atoms with Gasteiger partial charge in [0.25, 0.3) is 0 Å². The molecule has 2 heterocycles. The Labute approximate surface area is 131 Å². The Hall–Kier alpha value is -1.18. The molecule has 1 saturated heterocycles. The number of hydrogen-bond donors (Lipinski definition) is 1. The molecule has 8 heteroatoms. The van der Waals surface area contributed by atoms with Gasteiger partial charge in [0.2, 0.25) is 11.8 Å². The van der Waals surface area contributed by atoms with Crippen LogP contribution in [0.5, 0.6) is 0 Å². The number of nitrogens with one attached hydrogen (secondary N) is 1. The normalized spacial score (nSPS) is 16.9. The molecule has 0 aromatic carbocycles. The minimum Gasteiger partial charge on any atom is -0.548 e. The SMILES string of the molecule is O=C([O-])[C@H](Cc1c[nH]cn1)N1C(=O)CCCC1=O.[Na+]. The Morgan fingerprint density at radius 1 is 1.42 bits per heavy atom. The van der Waals surface area contributed by atoms with E-state index in [1.807, 2.05) is 0 Å². The van der Waals surface area contributed by atoms with Crippen LogP contribution in [0.1, 0.15) is 25.0 Å². The van der Waals surface area contributed by atoms with Crippen LogP contribution >= 0.6 is 0 Å². The molecule has 1 aliphatic heterocycles. The summed E-state index contributed by atoms with van der Waals surface area (Å²) in [5.41, 5.74) is 0.468. The van der Waals surface area contributed by atoms with E-state index in [1.54, 1.807) is 0 Å². The maximum Gasteiger partial charge on any atom is 1.00 e. The van der Waals surface area contributed by atoms with Gasteiger partial charge in [-0.3, -0.25) is 14.5 Å². The molecule has 1 aliphatic rings. The van der Waals surface area contributed by atoms with Crippen molar-refractivity contribution in [2.24, 2.45) is 0 Å². The fraction of sp³-hybridized carbons (Fsp3) is 0.455. The van der Waals surface area contributed by atoms with Gasteiger partial charge < -0.3 is 14.9 Å². The Balaban J connectivity index is 0.00000180. The van der Waals surface area contributed by atoms with Crippen LogP contribution in [0.4, 0.5) is 0 Å². The molecule has 0 radical (unpaired) electrons. The molecule has 1 aromatic heterocycles. The smallest absolute Gasteiger partial charge is 0.548 e. The number of nitrogens with zero attached hydrogens (tertiary/aromatic N) is 2. The molecule has 0 spiro atoms. The topological polar surface area (TPSA) is 106 Å². The predicted octanol–water partition coefficient (Wildman–Crippen LogP) is -4.39. The molecule has 7 nitrogen and oxygen atoms in total. The van der Waals surface area contributed by atoms with E-state index >= 15 is 0 Å². The number of carboxylic acids is 1. The second kappa shape index (κ2) is 6.83. The van der Waals surface area contributed by atoms with E-state index in [9.17, 15) is 19.5 Å². The minimum absolute atomic E-state index is 0. The van der Waals surface area contributed by atoms with Crippen LogP contribution in [-0.4, -0.2) is 38.7 Å². The van der Waals surface area contributed by atoms with E-state index in [1.165, 1.54) is 12.5 Å². The van der Waals surface area contributed by atoms with Crippen molar-refractivity contribution in [3.8, 4) is 0 Å². The molecule has 2 rings (SSSR count). The molecule has 1 N–H and O–H groups in total. The number of carbonyl (C=O) groups excluding carboxylic acids is 3. The zero-order chi connectivity index (χ0) is 13.1. The zero-order valence-electron chi connectivity index (χ0n) is 10.6. The Kier molecular flexibility index (Phi) is 5.71. The summed E-state index contributed by atoms with van der Waals surface area (Å²) in [4.78, 5) is 41.8. The molecule has 1 fully saturated rings. The first kappa shape index (κ1) is 15.9. The van der Waals surface area contributed by atoms with Crippen molar-refractivity contribution in [1.82, 2.24) is 14.9 Å². The molecule has 0 aliphatic carbocycles. The van der Waals surface area contributed by atoms with Crippen LogP contribution in [0.25, 0.3) is 0 Å². The standard InChI is InChI=1S/C11H13N3O4.Na/c15-9-2-1-3-10(16)14(9)8(11(17)18)4-7-5-12-6-13-7;/h5-6,8H,1-4H2,(H,12,13)(H,17,18);/q;+1/p-1/t8-;/m0./s1. The molecule has 0 saturated carbocycles. The number of H-pyrrole nitrogens is 1. The molecular weight excluding hydrogens is 261 g/mol. The number of aromatic nitrogens is 2. The largest absolute Gasteiger partial charge is 1.00 e. The second-order valence-corrected chi connectivity index (χ2v) is 4.11. The van der Waals surface area contributed by atoms with Crippen LogP contribution in [0.15, 0.2) is 12.5 Å². The maximum absolute atomic E-state index is 11.7. The first-order valence-corrected chi connectivity index (χ1v) is 5.63. The third-order valence-corrected chi connectivity index (χ3v) is 2.86. The quantitative estimate of drug-likeness (QED) is 0.440. The third-order valence-electron chi connectivity index (χ3n) is 2.86. The molecule has 96 valence electrons. The molecule has 0 unspecified atom stereocenters. The molecule has 0 bridgehead atoms. The summed E-state index contributed by atoms with van der Waals surface area (Å²) in [6, 6.07) is -1.28. The first-order valence-electron chi connectivity index (χ1n) is 5.63. The van der Waals surface area contributed by atoms with Crippen molar-refractivity contribution < 1.29 is 49.0 Å². The van der Waals surface area contributed by atoms with E-state index in [0.717, 1.165) is 4.90 Å². The van der Waals surface area contributed by atoms with Gasteiger partial charge in [0.1, 0.15) is 0 Å². The summed E-state index contributed by atoms with van der Waals surface area (Å²) in [5, 5.41) is 11.1. The van der Waals surface area contributed by atoms with Crippen molar-refractivity contribution in [2.45, 2.75) is 31.7 Å². The third kappa shape index (κ3) is 3.65. The predicted molar refractivity (Wildman–Crippen MR) is 56.8 cm³/mol. The van der Waals surface area contributed by atoms with Crippen molar-refractivity contribution in [1.29, 1.82) is 0 Å². The van der Waals surface area contributed by atoms with E-state index < -0.39 is 23.8 Å². The molecule has 2 amide bonds. The summed E-state index contributed by atoms with van der Waals surface area (Å²) in [6.07, 6.45) is 3.74. The van der Waals surface area contributed by atoms with Gasteiger partial charge in [-0.1, -0.05) is 0 Å². The fourth-order valence-corrected chi connectivity index (χ4v) is 2.00. The van der Waals surface area contributed by atoms with Crippen molar-refractivity contribution >= 4 is 17.8 Å². The molecule has 1 aromatic rings. The number of carboxylic acid groups (broad SMARTS) is 1. The number of aliphatic carboxylic acids is 1. The number of likely N-dealkylation sites (tertiary alicyclic amines) is 1. The number of amides is 2. The first-order chi connectivity index (χ1) is 8.59. The van der Waals surface area contributed by atoms with E-state index in [4.69, 9.17) is 0 Å². The number of imidazole rings is 1. The summed E-state index contributed by atoms with van der Waals surface area (Å²) in [6.45, 7) is 0. The summed E-state index contributed by atoms with van der Waals surface area (Å²) < 4.78 is 0. The Bertz CT molecular complexity index is 458. The van der Waals surface area contributed by atoms with E-state index in [2.05, 4.69) is 9.97 Å². The molecular formula is C11H12N3NaO4. The van der Waals surface area contributed by atoms with Crippen LogP contribution in [0.3, 0.4) is 0 Å². The Morgan fingerprint density at radius 2 is 2.05 bits per heavy atom. The van der Waals surface area contributed by atoms with Crippen LogP contribution in [-0.2, 0) is 20.8 Å². The second-order valence-electron chi connectivity index (χ2n) is 4.11. The van der Waals surface area contributed by atoms with E-state index in [-0.39, 0.29) is 48.8 Å². The summed E-state index contributed by atoms with van der Waals surface area (Å²) in [7, 11) is 0. The van der Waals surface area contributed by atoms with E-state index in [0.29, 0.717) is 12.1 Å². The molecule has 19 heavy (non-hydrogen) atoms. The average Bonchev–Trinajstić information content (AvgIpc) is 2.80. The number of piperidine rings is 1. The number of carbonyl (C=O) groups is 3. The van der Waals surface area contributed by atoms with Crippen LogP contribution in [0, 0.1) is 0 Å². The van der Waals surface area contributed by atoms with Gasteiger partial charge in [-0.15, -0.1) is 0 Å². The number of rotatable bonds is 4. The van der Waals surface area contributed by atoms with Gasteiger partial charge in [0.05, 0.1) is 24.0 Å². The molecule has 1 atom stereocenters. The van der Waals surface area contributed by atoms with Crippen LogP contribution < -0.4 is 34.7 Å². The summed E-state index contributed by atoms with van der Waals surface area (Å²) in [5.74, 6) is -2.37. The van der Waals surface area contributed by atoms with Crippen molar-refractivity contribution in [2.75, 3.05) is 0 Å². The summed E-state index contributed by atoms with van der Waals surface area (Å²) >= 11 is 0. The Morgan fingerprint density at radius 3 is 2.53 bits per heavy atom. The minimum atomic E-state index is -1.44. The van der Waals surface area contributed by atoms with Gasteiger partial charge >= 0.3 is 29.6 Å². The average molecular weight is 273 g/mol. The maximum atomic E-state index is 11.7. The van der Waals surface area contributed by atoms with Gasteiger partial charge in [0, 0.05) is 25.5 Å². The zero-order valence-corrected chi connectivity index (χ0v) is 12.6. The van der Waals surface area contributed by atoms with Crippen molar-refractivity contribution in [3.05, 3.63) is 18.2 Å². The van der Waals surface area contributed by atoms with Gasteiger partial charge in [0.15, 0.2) is 0 Å². The number of hydrogen-bond acceptors (Lipinski definition) is 5. The fourth-order valence-electron chi connectivity index (χ4n) is 2.00. The van der Waals surface area contributed by atoms with Crippen LogP contribution in [0.2, 0.25) is 0 Å². The van der Waals surface area contributed by atoms with Crippen molar-refractivity contribution in [3.63, 3.8) is 0 Å². The van der Waals surface area contributed by atoms with Gasteiger partial charge in [-0.05, 0) is 6.42 Å². The number of aromatic amines is 1. The monoisotopic (exact) mass is 273 g/mol. The van der Waals surface area contributed by atoms with Gasteiger partial charge in [-0.25, -0.2) is 4.98 Å². The van der Waals surface area contributed by atoms with Gasteiger partial charge in [-0.2, -0.15) is 0 Å². The number of imide groups is 1.